The van der Waals surface area contributed by atoms with Gasteiger partial charge < -0.3 is 10.2 Å². The highest BCUT2D eigenvalue weighted by Crippen LogP contribution is 2.37. The van der Waals surface area contributed by atoms with Crippen LogP contribution in [0.5, 0.6) is 0 Å². The lowest BCUT2D eigenvalue weighted by atomic mass is 10.1. The molecule has 1 fully saturated rings. The molecule has 0 heterocycles. The molecule has 0 spiro atoms. The standard InChI is InChI=1S/C15H23FN2/c1-4-17-10-13-9-14(16)7-8-15(13)18(3)11(2)12-5-6-12/h7-9,11-12,17H,4-6,10H2,1-3H3. The number of hydrogen-bond acceptors (Lipinski definition) is 2. The minimum absolute atomic E-state index is 0.154. The predicted molar refractivity (Wildman–Crippen MR) is 74.4 cm³/mol. The maximum Gasteiger partial charge on any atom is 0.123 e. The first-order valence-corrected chi connectivity index (χ1v) is 6.85. The summed E-state index contributed by atoms with van der Waals surface area (Å²) in [5.74, 6) is 0.658. The second-order valence-electron chi connectivity index (χ2n) is 5.24. The topological polar surface area (TPSA) is 15.3 Å². The van der Waals surface area contributed by atoms with Crippen molar-refractivity contribution in [2.75, 3.05) is 18.5 Å². The Balaban J connectivity index is 2.18. The van der Waals surface area contributed by atoms with Gasteiger partial charge in [0.05, 0.1) is 0 Å². The van der Waals surface area contributed by atoms with E-state index in [0.717, 1.165) is 30.3 Å². The first kappa shape index (κ1) is 13.3. The maximum atomic E-state index is 13.4. The van der Waals surface area contributed by atoms with Gasteiger partial charge in [-0.15, -0.1) is 0 Å². The molecule has 2 nitrogen and oxygen atoms in total. The van der Waals surface area contributed by atoms with Crippen LogP contribution in [0.3, 0.4) is 0 Å². The van der Waals surface area contributed by atoms with E-state index in [1.54, 1.807) is 12.1 Å². The van der Waals surface area contributed by atoms with Crippen molar-refractivity contribution in [1.29, 1.82) is 0 Å². The van der Waals surface area contributed by atoms with Gasteiger partial charge in [-0.1, -0.05) is 6.92 Å². The van der Waals surface area contributed by atoms with Crippen LogP contribution in [-0.4, -0.2) is 19.6 Å². The summed E-state index contributed by atoms with van der Waals surface area (Å²) in [7, 11) is 2.12. The Hall–Kier alpha value is -1.09. The van der Waals surface area contributed by atoms with Gasteiger partial charge >= 0.3 is 0 Å². The quantitative estimate of drug-likeness (QED) is 0.834. The molecule has 3 heteroatoms. The van der Waals surface area contributed by atoms with E-state index in [9.17, 15) is 4.39 Å². The summed E-state index contributed by atoms with van der Waals surface area (Å²) in [6.45, 7) is 5.96. The highest BCUT2D eigenvalue weighted by Gasteiger charge is 2.31. The van der Waals surface area contributed by atoms with Crippen LogP contribution in [-0.2, 0) is 6.54 Å². The number of hydrogen-bond donors (Lipinski definition) is 1. The largest absolute Gasteiger partial charge is 0.371 e. The van der Waals surface area contributed by atoms with Crippen molar-refractivity contribution in [3.05, 3.63) is 29.6 Å². The minimum Gasteiger partial charge on any atom is -0.371 e. The third-order valence-electron chi connectivity index (χ3n) is 3.90. The van der Waals surface area contributed by atoms with Gasteiger partial charge in [-0.2, -0.15) is 0 Å². The molecule has 1 aromatic rings. The van der Waals surface area contributed by atoms with Crippen molar-refractivity contribution in [2.45, 2.75) is 39.3 Å². The number of rotatable bonds is 6. The average molecular weight is 250 g/mol. The molecule has 1 aromatic carbocycles. The predicted octanol–water partition coefficient (Wildman–Crippen LogP) is 3.17. The van der Waals surface area contributed by atoms with E-state index >= 15 is 0 Å². The zero-order valence-corrected chi connectivity index (χ0v) is 11.5. The average Bonchev–Trinajstić information content (AvgIpc) is 3.19. The third kappa shape index (κ3) is 3.02. The highest BCUT2D eigenvalue weighted by atomic mass is 19.1. The Morgan fingerprint density at radius 2 is 2.17 bits per heavy atom. The Labute approximate surface area is 109 Å². The molecule has 0 saturated heterocycles. The van der Waals surface area contributed by atoms with E-state index in [1.165, 1.54) is 12.8 Å². The van der Waals surface area contributed by atoms with Crippen molar-refractivity contribution in [1.82, 2.24) is 5.32 Å². The van der Waals surface area contributed by atoms with Crippen molar-refractivity contribution in [3.8, 4) is 0 Å². The van der Waals surface area contributed by atoms with Crippen LogP contribution >= 0.6 is 0 Å². The van der Waals surface area contributed by atoms with Crippen LogP contribution in [0.1, 0.15) is 32.3 Å². The van der Waals surface area contributed by atoms with Crippen LogP contribution in [0.25, 0.3) is 0 Å². The van der Waals surface area contributed by atoms with Gasteiger partial charge in [-0.05, 0) is 56.0 Å². The second-order valence-corrected chi connectivity index (χ2v) is 5.24. The SMILES string of the molecule is CCNCc1cc(F)ccc1N(C)C(C)C1CC1. The smallest absolute Gasteiger partial charge is 0.123 e. The van der Waals surface area contributed by atoms with Gasteiger partial charge in [0.1, 0.15) is 5.82 Å². The van der Waals surface area contributed by atoms with Crippen molar-refractivity contribution in [3.63, 3.8) is 0 Å². The number of halogens is 1. The molecule has 1 saturated carbocycles. The Bertz CT molecular complexity index is 401. The zero-order valence-electron chi connectivity index (χ0n) is 11.5. The van der Waals surface area contributed by atoms with E-state index in [0.29, 0.717) is 6.04 Å². The summed E-state index contributed by atoms with van der Waals surface area (Å²) in [5, 5.41) is 3.28. The molecule has 0 amide bonds. The maximum absolute atomic E-state index is 13.4. The fourth-order valence-electron chi connectivity index (χ4n) is 2.41. The Morgan fingerprint density at radius 3 is 2.78 bits per heavy atom. The summed E-state index contributed by atoms with van der Waals surface area (Å²) in [6.07, 6.45) is 2.66. The van der Waals surface area contributed by atoms with Crippen molar-refractivity contribution in [2.24, 2.45) is 5.92 Å². The van der Waals surface area contributed by atoms with Crippen LogP contribution in [0.4, 0.5) is 10.1 Å². The van der Waals surface area contributed by atoms with E-state index in [-0.39, 0.29) is 5.82 Å². The number of nitrogens with one attached hydrogen (secondary N) is 1. The van der Waals surface area contributed by atoms with Gasteiger partial charge in [-0.25, -0.2) is 4.39 Å². The minimum atomic E-state index is -0.154. The third-order valence-corrected chi connectivity index (χ3v) is 3.90. The number of benzene rings is 1. The molecule has 1 N–H and O–H groups in total. The summed E-state index contributed by atoms with van der Waals surface area (Å²) in [6, 6.07) is 5.64. The molecule has 1 atom stereocenters. The molecule has 1 unspecified atom stereocenters. The zero-order chi connectivity index (χ0) is 13.1. The van der Waals surface area contributed by atoms with Crippen LogP contribution in [0.2, 0.25) is 0 Å². The van der Waals surface area contributed by atoms with Gasteiger partial charge in [-0.3, -0.25) is 0 Å². The van der Waals surface area contributed by atoms with E-state index < -0.39 is 0 Å². The van der Waals surface area contributed by atoms with Gasteiger partial charge in [0.15, 0.2) is 0 Å². The first-order chi connectivity index (χ1) is 8.63. The molecular weight excluding hydrogens is 227 g/mol. The molecule has 0 aliphatic heterocycles. The molecule has 0 bridgehead atoms. The summed E-state index contributed by atoms with van der Waals surface area (Å²) < 4.78 is 13.4. The van der Waals surface area contributed by atoms with Crippen LogP contribution < -0.4 is 10.2 Å². The number of anilines is 1. The molecule has 1 aliphatic carbocycles. The fraction of sp³-hybridized carbons (Fsp3) is 0.600. The molecule has 100 valence electrons. The Kier molecular flexibility index (Phi) is 4.23. The Morgan fingerprint density at radius 1 is 1.44 bits per heavy atom. The molecule has 18 heavy (non-hydrogen) atoms. The van der Waals surface area contributed by atoms with Crippen molar-refractivity contribution >= 4 is 5.69 Å². The fourth-order valence-corrected chi connectivity index (χ4v) is 2.41. The van der Waals surface area contributed by atoms with Crippen molar-refractivity contribution < 1.29 is 4.39 Å². The second kappa shape index (κ2) is 5.70. The van der Waals surface area contributed by atoms with Crippen LogP contribution in [0, 0.1) is 11.7 Å². The highest BCUT2D eigenvalue weighted by molar-refractivity contribution is 5.54. The summed E-state index contributed by atoms with van der Waals surface area (Å²) >= 11 is 0. The molecule has 2 rings (SSSR count). The van der Waals surface area contributed by atoms with Gasteiger partial charge in [0.25, 0.3) is 0 Å². The lowest BCUT2D eigenvalue weighted by Crippen LogP contribution is -2.32. The molecule has 1 aliphatic rings. The van der Waals surface area contributed by atoms with E-state index in [1.807, 2.05) is 6.07 Å². The van der Waals surface area contributed by atoms with Gasteiger partial charge in [0.2, 0.25) is 0 Å². The molecule has 0 radical (unpaired) electrons. The van der Waals surface area contributed by atoms with E-state index in [2.05, 4.69) is 31.1 Å². The summed E-state index contributed by atoms with van der Waals surface area (Å²) in [5.41, 5.74) is 2.20. The monoisotopic (exact) mass is 250 g/mol. The van der Waals surface area contributed by atoms with E-state index in [4.69, 9.17) is 0 Å². The first-order valence-electron chi connectivity index (χ1n) is 6.85. The summed E-state index contributed by atoms with van der Waals surface area (Å²) in [4.78, 5) is 2.30. The molecular formula is C15H23FN2. The molecule has 0 aromatic heterocycles. The number of nitrogens with zero attached hydrogens (tertiary/aromatic N) is 1. The lowest BCUT2D eigenvalue weighted by molar-refractivity contribution is 0.598. The normalized spacial score (nSPS) is 16.7. The van der Waals surface area contributed by atoms with Crippen LogP contribution in [0.15, 0.2) is 18.2 Å². The lowest BCUT2D eigenvalue weighted by Gasteiger charge is -2.29. The van der Waals surface area contributed by atoms with Gasteiger partial charge in [0, 0.05) is 25.3 Å².